The van der Waals surface area contributed by atoms with Gasteiger partial charge in [-0.1, -0.05) is 47.1 Å². The zero-order chi connectivity index (χ0) is 23.9. The Labute approximate surface area is 197 Å². The Bertz CT molecular complexity index is 1700. The second-order valence-corrected chi connectivity index (χ2v) is 9.66. The number of aromatic nitrogens is 3. The van der Waals surface area contributed by atoms with E-state index in [-0.39, 0.29) is 21.3 Å². The molecule has 5 aromatic rings. The molecule has 3 N–H and O–H groups in total. The molecule has 170 valence electrons. The van der Waals surface area contributed by atoms with Gasteiger partial charge in [-0.05, 0) is 42.5 Å². The van der Waals surface area contributed by atoms with E-state index in [0.29, 0.717) is 27.2 Å². The number of amides is 1. The maximum Gasteiger partial charge on any atom is 0.439 e. The highest BCUT2D eigenvalue weighted by Crippen LogP contribution is 2.31. The first-order valence-electron chi connectivity index (χ1n) is 9.92. The number of nitrogens with zero attached hydrogens (tertiary/aromatic N) is 1. The lowest BCUT2D eigenvalue weighted by atomic mass is 10.1. The van der Waals surface area contributed by atoms with Crippen LogP contribution < -0.4 is 11.1 Å². The third kappa shape index (κ3) is 3.89. The minimum absolute atomic E-state index is 0.0580. The number of hydrogen-bond donors (Lipinski definition) is 3. The van der Waals surface area contributed by atoms with Gasteiger partial charge in [-0.25, -0.2) is 13.2 Å². The molecule has 34 heavy (non-hydrogen) atoms. The second-order valence-electron chi connectivity index (χ2n) is 7.31. The fourth-order valence-corrected chi connectivity index (χ4v) is 5.20. The molecule has 3 aromatic carbocycles. The quantitative estimate of drug-likeness (QED) is 0.334. The molecule has 0 bridgehead atoms. The minimum atomic E-state index is -3.81. The monoisotopic (exact) mass is 494 g/mol. The van der Waals surface area contributed by atoms with E-state index >= 15 is 0 Å². The van der Waals surface area contributed by atoms with Crippen molar-refractivity contribution in [3.05, 3.63) is 94.1 Å². The van der Waals surface area contributed by atoms with Crippen LogP contribution >= 0.6 is 11.6 Å². The summed E-state index contributed by atoms with van der Waals surface area (Å²) in [7, 11) is -3.81. The summed E-state index contributed by atoms with van der Waals surface area (Å²) in [5.74, 6) is -1.20. The predicted octanol–water partition coefficient (Wildman–Crippen LogP) is 4.25. The van der Waals surface area contributed by atoms with E-state index in [0.717, 1.165) is 0 Å². The average molecular weight is 495 g/mol. The molecule has 5 rings (SSSR count). The van der Waals surface area contributed by atoms with E-state index in [1.807, 2.05) is 0 Å². The largest absolute Gasteiger partial charge is 0.439 e. The van der Waals surface area contributed by atoms with Gasteiger partial charge >= 0.3 is 5.76 Å². The highest BCUT2D eigenvalue weighted by atomic mass is 35.5. The number of H-pyrrole nitrogens is 2. The van der Waals surface area contributed by atoms with Crippen LogP contribution in [0, 0.1) is 0 Å². The zero-order valence-corrected chi connectivity index (χ0v) is 18.8. The van der Waals surface area contributed by atoms with Gasteiger partial charge in [0, 0.05) is 16.0 Å². The van der Waals surface area contributed by atoms with Crippen LogP contribution in [0.2, 0.25) is 5.02 Å². The fourth-order valence-electron chi connectivity index (χ4n) is 3.56. The molecule has 11 heteroatoms. The van der Waals surface area contributed by atoms with Crippen molar-refractivity contribution in [3.63, 3.8) is 0 Å². The maximum atomic E-state index is 13.2. The average Bonchev–Trinajstić information content (AvgIpc) is 3.47. The highest BCUT2D eigenvalue weighted by molar-refractivity contribution is 7.91. The molecule has 0 saturated carbocycles. The normalized spacial score (nSPS) is 11.6. The number of sulfone groups is 1. The van der Waals surface area contributed by atoms with E-state index in [1.165, 1.54) is 24.3 Å². The smallest absolute Gasteiger partial charge is 0.349 e. The van der Waals surface area contributed by atoms with Crippen molar-refractivity contribution in [2.24, 2.45) is 0 Å². The number of halogens is 1. The molecule has 0 atom stereocenters. The third-order valence-corrected chi connectivity index (χ3v) is 7.18. The Hall–Kier alpha value is -4.15. The zero-order valence-electron chi connectivity index (χ0n) is 17.2. The van der Waals surface area contributed by atoms with Gasteiger partial charge in [0.15, 0.2) is 5.82 Å². The lowest BCUT2D eigenvalue weighted by Crippen LogP contribution is -2.13. The van der Waals surface area contributed by atoms with Gasteiger partial charge in [-0.2, -0.15) is 0 Å². The number of anilines is 1. The molecule has 0 radical (unpaired) electrons. The van der Waals surface area contributed by atoms with Crippen LogP contribution in [0.3, 0.4) is 0 Å². The van der Waals surface area contributed by atoms with Gasteiger partial charge in [-0.15, -0.1) is 0 Å². The van der Waals surface area contributed by atoms with Gasteiger partial charge in [-0.3, -0.25) is 14.3 Å². The summed E-state index contributed by atoms with van der Waals surface area (Å²) in [6.07, 6.45) is 0. The number of aromatic amines is 2. The second kappa shape index (κ2) is 8.32. The number of rotatable bonds is 5. The summed E-state index contributed by atoms with van der Waals surface area (Å²) in [6.45, 7) is 0. The molecule has 0 unspecified atom stereocenters. The lowest BCUT2D eigenvalue weighted by Gasteiger charge is -2.09. The lowest BCUT2D eigenvalue weighted by molar-refractivity contribution is 0.102. The Morgan fingerprint density at radius 2 is 1.76 bits per heavy atom. The third-order valence-electron chi connectivity index (χ3n) is 5.13. The summed E-state index contributed by atoms with van der Waals surface area (Å²) in [5.41, 5.74) is 1.11. The van der Waals surface area contributed by atoms with Crippen LogP contribution in [-0.4, -0.2) is 29.4 Å². The predicted molar refractivity (Wildman–Crippen MR) is 126 cm³/mol. The van der Waals surface area contributed by atoms with Crippen LogP contribution in [0.25, 0.3) is 22.3 Å². The molecule has 2 aromatic heterocycles. The van der Waals surface area contributed by atoms with E-state index in [4.69, 9.17) is 11.6 Å². The summed E-state index contributed by atoms with van der Waals surface area (Å²) in [4.78, 5) is 30.0. The van der Waals surface area contributed by atoms with Gasteiger partial charge < -0.3 is 10.3 Å². The summed E-state index contributed by atoms with van der Waals surface area (Å²) in [5, 5.41) is 7.29. The first kappa shape index (κ1) is 21.7. The number of nitrogens with one attached hydrogen (secondary N) is 3. The number of fused-ring (bicyclic) bond motifs is 1. The van der Waals surface area contributed by atoms with Crippen LogP contribution in [-0.2, 0) is 9.84 Å². The molecule has 0 fully saturated rings. The van der Waals surface area contributed by atoms with Crippen LogP contribution in [0.1, 0.15) is 10.5 Å². The van der Waals surface area contributed by atoms with Crippen LogP contribution in [0.4, 0.5) is 5.69 Å². The molecule has 0 aliphatic rings. The van der Waals surface area contributed by atoms with Crippen LogP contribution in [0.5, 0.6) is 0 Å². The van der Waals surface area contributed by atoms with Crippen molar-refractivity contribution in [3.8, 4) is 11.4 Å². The van der Waals surface area contributed by atoms with E-state index in [9.17, 15) is 18.0 Å². The molecule has 0 saturated heterocycles. The number of carbonyl (C=O) groups excluding carboxylic acids is 1. The van der Waals surface area contributed by atoms with E-state index in [1.54, 1.807) is 48.5 Å². The van der Waals surface area contributed by atoms with Gasteiger partial charge in [0.05, 0.1) is 21.0 Å². The molecule has 0 aliphatic carbocycles. The topological polar surface area (TPSA) is 138 Å². The number of hydrogen-bond acceptors (Lipinski definition) is 6. The highest BCUT2D eigenvalue weighted by Gasteiger charge is 2.23. The molecule has 0 aliphatic heterocycles. The van der Waals surface area contributed by atoms with Gasteiger partial charge in [0.25, 0.3) is 5.91 Å². The van der Waals surface area contributed by atoms with Gasteiger partial charge in [0.2, 0.25) is 9.84 Å². The molecular formula is C23H15ClN4O5S. The molecule has 9 nitrogen and oxygen atoms in total. The fraction of sp³-hybridized carbons (Fsp3) is 0. The number of carbonyl (C=O) groups is 1. The first-order chi connectivity index (χ1) is 16.3. The molecule has 2 heterocycles. The Morgan fingerprint density at radius 1 is 0.971 bits per heavy atom. The number of benzene rings is 3. The molecule has 0 spiro atoms. The first-order valence-corrected chi connectivity index (χ1v) is 11.8. The minimum Gasteiger partial charge on any atom is -0.349 e. The Balaban J connectivity index is 1.53. The van der Waals surface area contributed by atoms with Crippen molar-refractivity contribution in [2.75, 3.05) is 5.32 Å². The van der Waals surface area contributed by atoms with Crippen LogP contribution in [0.15, 0.2) is 91.9 Å². The van der Waals surface area contributed by atoms with E-state index in [2.05, 4.69) is 25.0 Å². The van der Waals surface area contributed by atoms with Crippen molar-refractivity contribution >= 4 is 43.9 Å². The molecule has 1 amide bonds. The standard InChI is InChI=1S/C23H15ClN4O5S/c24-14-9-10-17(16(12-14)21-27-23(30)33-28-21)26-22(29)18-11-13-5-4-8-19(20(13)25-18)34(31,32)15-6-2-1-3-7-15/h1-12,25H,(H,26,29)(H,27,28,30). The van der Waals surface area contributed by atoms with Crippen molar-refractivity contribution in [1.82, 2.24) is 15.1 Å². The molecular weight excluding hydrogens is 480 g/mol. The summed E-state index contributed by atoms with van der Waals surface area (Å²) in [6, 6.07) is 19.1. The van der Waals surface area contributed by atoms with Crippen molar-refractivity contribution in [1.29, 1.82) is 0 Å². The maximum absolute atomic E-state index is 13.2. The van der Waals surface area contributed by atoms with Crippen molar-refractivity contribution < 1.29 is 17.7 Å². The summed E-state index contributed by atoms with van der Waals surface area (Å²) < 4.78 is 30.9. The number of para-hydroxylation sites is 1. The van der Waals surface area contributed by atoms with E-state index < -0.39 is 21.5 Å². The summed E-state index contributed by atoms with van der Waals surface area (Å²) >= 11 is 6.06. The Morgan fingerprint density at radius 3 is 2.50 bits per heavy atom. The Kier molecular flexibility index (Phi) is 5.31. The van der Waals surface area contributed by atoms with Gasteiger partial charge in [0.1, 0.15) is 5.69 Å². The van der Waals surface area contributed by atoms with Crippen molar-refractivity contribution in [2.45, 2.75) is 9.79 Å². The SMILES string of the molecule is O=C(Nc1ccc(Cl)cc1-c1noc(=O)[nH]1)c1cc2cccc(S(=O)(=O)c3ccccc3)c2[nH]1.